The molecule has 0 saturated carbocycles. The van der Waals surface area contributed by atoms with E-state index in [0.717, 1.165) is 45.1 Å². The molecule has 0 bridgehead atoms. The first-order valence-electron chi connectivity index (χ1n) is 15.3. The third kappa shape index (κ3) is 7.85. The molecule has 1 aliphatic heterocycles. The van der Waals surface area contributed by atoms with Crippen LogP contribution in [0, 0.1) is 0 Å². The number of hydrogen-bond donors (Lipinski definition) is 1. The number of nitrogens with one attached hydrogen (secondary N) is 1. The second kappa shape index (κ2) is 14.6. The minimum Gasteiger partial charge on any atom is -0.435 e. The van der Waals surface area contributed by atoms with Crippen molar-refractivity contribution in [2.45, 2.75) is 51.2 Å². The highest BCUT2D eigenvalue weighted by molar-refractivity contribution is 6.09. The topological polar surface area (TPSA) is 146 Å². The van der Waals surface area contributed by atoms with Gasteiger partial charge in [-0.25, -0.2) is 9.50 Å². The van der Waals surface area contributed by atoms with Gasteiger partial charge in [-0.1, -0.05) is 0 Å². The first-order chi connectivity index (χ1) is 23.1. The minimum absolute atomic E-state index is 0.00167. The second-order valence-corrected chi connectivity index (χ2v) is 11.6. The summed E-state index contributed by atoms with van der Waals surface area (Å²) in [6.45, 7) is -2.68. The normalized spacial score (nSPS) is 17.3. The van der Waals surface area contributed by atoms with Crippen molar-refractivity contribution in [3.63, 3.8) is 0 Å². The average molecular weight is 675 g/mol. The maximum atomic E-state index is 13.4. The van der Waals surface area contributed by atoms with E-state index >= 15 is 0 Å². The van der Waals surface area contributed by atoms with Crippen molar-refractivity contribution in [2.75, 3.05) is 45.6 Å². The lowest BCUT2D eigenvalue weighted by Crippen LogP contribution is -2.48. The molecule has 0 spiro atoms. The lowest BCUT2D eigenvalue weighted by atomic mass is 9.97. The Morgan fingerprint density at radius 3 is 2.75 bits per heavy atom. The van der Waals surface area contributed by atoms with Gasteiger partial charge in [-0.05, 0) is 69.9 Å². The number of halogens is 4. The molecule has 1 amide bonds. The zero-order valence-corrected chi connectivity index (χ0v) is 26.2. The Bertz CT molecular complexity index is 1780. The maximum Gasteiger partial charge on any atom is 0.387 e. The highest BCUT2D eigenvalue weighted by atomic mass is 19.3. The van der Waals surface area contributed by atoms with Gasteiger partial charge in [-0.3, -0.25) is 14.4 Å². The van der Waals surface area contributed by atoms with Crippen LogP contribution in [0.1, 0.15) is 47.2 Å². The van der Waals surface area contributed by atoms with Crippen LogP contribution in [-0.2, 0) is 16.0 Å². The fourth-order valence-electron chi connectivity index (χ4n) is 5.55. The predicted octanol–water partition coefficient (Wildman–Crippen LogP) is 2.93. The highest BCUT2D eigenvalue weighted by Crippen LogP contribution is 2.35. The molecule has 48 heavy (non-hydrogen) atoms. The van der Waals surface area contributed by atoms with Crippen LogP contribution in [0.2, 0.25) is 0 Å². The SMILES string of the molecule is CN(C)CCCCN1CC(n2nnc(Cn3cc(NC(=O)c4cnn5cccnc45)c(C4=CC(OC(F)F)=CCC4OC(F)F)n3)n2)C1. The molecule has 6 rings (SSSR count). The number of aromatic nitrogens is 9. The van der Waals surface area contributed by atoms with Crippen LogP contribution in [0.15, 0.2) is 48.8 Å². The molecule has 1 aliphatic carbocycles. The zero-order chi connectivity index (χ0) is 33.8. The van der Waals surface area contributed by atoms with E-state index in [9.17, 15) is 22.4 Å². The number of carbonyl (C=O) groups is 1. The first kappa shape index (κ1) is 33.2. The van der Waals surface area contributed by atoms with Gasteiger partial charge in [-0.15, -0.1) is 10.2 Å². The molecular weight excluding hydrogens is 640 g/mol. The van der Waals surface area contributed by atoms with E-state index in [2.05, 4.69) is 64.5 Å². The van der Waals surface area contributed by atoms with E-state index in [1.54, 1.807) is 17.1 Å². The number of unbranched alkanes of at least 4 members (excludes halogenated alkanes) is 1. The summed E-state index contributed by atoms with van der Waals surface area (Å²) in [4.78, 5) is 23.7. The van der Waals surface area contributed by atoms with E-state index in [0.29, 0.717) is 5.82 Å². The number of fused-ring (bicyclic) bond motifs is 1. The van der Waals surface area contributed by atoms with Crippen molar-refractivity contribution in [2.24, 2.45) is 0 Å². The van der Waals surface area contributed by atoms with Gasteiger partial charge in [-0.2, -0.15) is 32.6 Å². The molecule has 5 heterocycles. The number of rotatable bonds is 15. The Morgan fingerprint density at radius 2 is 1.98 bits per heavy atom. The molecule has 2 aliphatic rings. The molecule has 1 unspecified atom stereocenters. The minimum atomic E-state index is -3.17. The quantitative estimate of drug-likeness (QED) is 0.147. The third-order valence-electron chi connectivity index (χ3n) is 7.84. The van der Waals surface area contributed by atoms with Gasteiger partial charge in [0.25, 0.3) is 5.91 Å². The van der Waals surface area contributed by atoms with Crippen LogP contribution in [0.25, 0.3) is 11.2 Å². The standard InChI is InChI=1S/C29H34F4N12O3/c1-41(2)9-3-4-10-42-14-18(15-42)45-38-24(37-40-45)17-43-16-22(36-27(46)21-13-35-44-11-5-8-34-26(21)44)25(39-43)20-12-19(47-28(30)31)6-7-23(20)48-29(32)33/h5-6,8,11-13,16,18,23,28-29H,3-4,7,9-10,14-15,17H2,1-2H3,(H,36,46). The Morgan fingerprint density at radius 1 is 1.15 bits per heavy atom. The summed E-state index contributed by atoms with van der Waals surface area (Å²) in [5.41, 5.74) is 0.486. The molecule has 19 heteroatoms. The fourth-order valence-corrected chi connectivity index (χ4v) is 5.55. The van der Waals surface area contributed by atoms with Crippen LogP contribution in [0.3, 0.4) is 0 Å². The summed E-state index contributed by atoms with van der Waals surface area (Å²) >= 11 is 0. The lowest BCUT2D eigenvalue weighted by molar-refractivity contribution is -0.147. The third-order valence-corrected chi connectivity index (χ3v) is 7.84. The van der Waals surface area contributed by atoms with Crippen LogP contribution in [0.5, 0.6) is 0 Å². The zero-order valence-electron chi connectivity index (χ0n) is 26.2. The largest absolute Gasteiger partial charge is 0.435 e. The average Bonchev–Trinajstić information content (AvgIpc) is 3.75. The molecule has 1 atom stereocenters. The Hall–Kier alpha value is -4.75. The smallest absolute Gasteiger partial charge is 0.387 e. The van der Waals surface area contributed by atoms with E-state index in [1.807, 2.05) is 0 Å². The molecule has 1 N–H and O–H groups in total. The van der Waals surface area contributed by atoms with Crippen molar-refractivity contribution in [1.29, 1.82) is 0 Å². The fraction of sp³-hybridized carbons (Fsp3) is 0.483. The monoisotopic (exact) mass is 674 g/mol. The molecular formula is C29H34F4N12O3. The Labute approximate surface area is 271 Å². The number of nitrogens with zero attached hydrogens (tertiary/aromatic N) is 11. The number of hydrogen-bond acceptors (Lipinski definition) is 11. The van der Waals surface area contributed by atoms with Gasteiger partial charge in [0.2, 0.25) is 0 Å². The number of tetrazole rings is 1. The summed E-state index contributed by atoms with van der Waals surface area (Å²) in [5.74, 6) is -0.561. The molecule has 1 fully saturated rings. The summed E-state index contributed by atoms with van der Waals surface area (Å²) in [6.07, 6.45) is 8.99. The molecule has 4 aromatic rings. The summed E-state index contributed by atoms with van der Waals surface area (Å²) in [5, 5.41) is 24.3. The second-order valence-electron chi connectivity index (χ2n) is 11.6. The van der Waals surface area contributed by atoms with Crippen molar-refractivity contribution < 1.29 is 31.8 Å². The van der Waals surface area contributed by atoms with E-state index in [4.69, 9.17) is 4.74 Å². The van der Waals surface area contributed by atoms with Gasteiger partial charge in [0, 0.05) is 37.3 Å². The van der Waals surface area contributed by atoms with Crippen molar-refractivity contribution in [3.8, 4) is 0 Å². The van der Waals surface area contributed by atoms with Crippen LogP contribution in [-0.4, -0.2) is 120 Å². The maximum absolute atomic E-state index is 13.4. The van der Waals surface area contributed by atoms with Crippen LogP contribution in [0.4, 0.5) is 23.2 Å². The van der Waals surface area contributed by atoms with Crippen molar-refractivity contribution >= 4 is 22.8 Å². The summed E-state index contributed by atoms with van der Waals surface area (Å²) < 4.78 is 65.2. The number of anilines is 1. The van der Waals surface area contributed by atoms with Crippen molar-refractivity contribution in [3.05, 3.63) is 65.8 Å². The van der Waals surface area contributed by atoms with Gasteiger partial charge < -0.3 is 19.7 Å². The van der Waals surface area contributed by atoms with E-state index < -0.39 is 25.2 Å². The number of ether oxygens (including phenoxy) is 2. The van der Waals surface area contributed by atoms with E-state index in [-0.39, 0.29) is 52.9 Å². The number of alkyl halides is 4. The molecule has 0 radical (unpaired) electrons. The number of amides is 1. The number of allylic oxidation sites excluding steroid dienone is 1. The molecule has 15 nitrogen and oxygen atoms in total. The first-order valence-corrected chi connectivity index (χ1v) is 15.3. The lowest BCUT2D eigenvalue weighted by Gasteiger charge is -2.38. The number of carbonyl (C=O) groups excluding carboxylic acids is 1. The van der Waals surface area contributed by atoms with Gasteiger partial charge in [0.1, 0.15) is 23.6 Å². The van der Waals surface area contributed by atoms with Crippen LogP contribution < -0.4 is 5.32 Å². The molecule has 4 aromatic heterocycles. The van der Waals surface area contributed by atoms with E-state index in [1.165, 1.54) is 33.9 Å². The van der Waals surface area contributed by atoms with Gasteiger partial charge >= 0.3 is 13.2 Å². The van der Waals surface area contributed by atoms with Crippen molar-refractivity contribution in [1.82, 2.24) is 54.4 Å². The molecule has 1 saturated heterocycles. The highest BCUT2D eigenvalue weighted by Gasteiger charge is 2.31. The molecule has 0 aromatic carbocycles. The van der Waals surface area contributed by atoms with Gasteiger partial charge in [0.15, 0.2) is 11.5 Å². The molecule has 256 valence electrons. The number of likely N-dealkylation sites (tertiary alicyclic amines) is 1. The predicted molar refractivity (Wildman–Crippen MR) is 162 cm³/mol. The van der Waals surface area contributed by atoms with Gasteiger partial charge in [0.05, 0.1) is 24.0 Å². The Balaban J connectivity index is 1.23. The Kier molecular flexibility index (Phi) is 10.1. The summed E-state index contributed by atoms with van der Waals surface area (Å²) in [6, 6.07) is 1.72. The van der Waals surface area contributed by atoms with Crippen LogP contribution >= 0.6 is 0 Å². The summed E-state index contributed by atoms with van der Waals surface area (Å²) in [7, 11) is 4.11.